The molecule has 0 aromatic carbocycles. The van der Waals surface area contributed by atoms with E-state index in [0.717, 1.165) is 57.9 Å². The number of aromatic nitrogens is 2. The highest BCUT2D eigenvalue weighted by molar-refractivity contribution is 5.36. The monoisotopic (exact) mass is 279 g/mol. The molecule has 1 saturated heterocycles. The Labute approximate surface area is 120 Å². The first-order chi connectivity index (χ1) is 9.79. The molecule has 0 bridgehead atoms. The van der Waals surface area contributed by atoms with Crippen LogP contribution >= 0.6 is 0 Å². The molecule has 0 unspecified atom stereocenters. The minimum atomic E-state index is -0.0853. The van der Waals surface area contributed by atoms with E-state index in [-0.39, 0.29) is 5.56 Å². The standard InChI is InChI=1S/C14H25N5O/c15-5-2-1-3-6-18-7-4-8-19(10-9-18)13-11-14(20)17-12-16-13/h11-12H,1-10,15H2,(H,16,17,20). The summed E-state index contributed by atoms with van der Waals surface area (Å²) < 4.78 is 0. The topological polar surface area (TPSA) is 78.2 Å². The Balaban J connectivity index is 1.81. The van der Waals surface area contributed by atoms with E-state index >= 15 is 0 Å². The normalized spacial score (nSPS) is 17.1. The molecule has 6 heteroatoms. The second kappa shape index (κ2) is 8.01. The van der Waals surface area contributed by atoms with Gasteiger partial charge in [0.25, 0.3) is 5.56 Å². The van der Waals surface area contributed by atoms with Gasteiger partial charge in [-0.2, -0.15) is 0 Å². The number of H-pyrrole nitrogens is 1. The number of rotatable bonds is 6. The van der Waals surface area contributed by atoms with Crippen LogP contribution in [0.2, 0.25) is 0 Å². The lowest BCUT2D eigenvalue weighted by atomic mass is 10.2. The first-order valence-electron chi connectivity index (χ1n) is 7.51. The van der Waals surface area contributed by atoms with Gasteiger partial charge in [-0.05, 0) is 38.9 Å². The van der Waals surface area contributed by atoms with E-state index < -0.39 is 0 Å². The van der Waals surface area contributed by atoms with Crippen LogP contribution in [0.5, 0.6) is 0 Å². The van der Waals surface area contributed by atoms with Crippen LogP contribution in [0.1, 0.15) is 25.7 Å². The Kier molecular flexibility index (Phi) is 6.01. The van der Waals surface area contributed by atoms with Gasteiger partial charge >= 0.3 is 0 Å². The van der Waals surface area contributed by atoms with E-state index in [1.807, 2.05) is 0 Å². The van der Waals surface area contributed by atoms with Crippen molar-refractivity contribution in [2.24, 2.45) is 5.73 Å². The highest BCUT2D eigenvalue weighted by Gasteiger charge is 2.15. The van der Waals surface area contributed by atoms with Crippen LogP contribution in [0.4, 0.5) is 5.82 Å². The Morgan fingerprint density at radius 1 is 1.20 bits per heavy atom. The Hall–Kier alpha value is -1.40. The van der Waals surface area contributed by atoms with Crippen LogP contribution in [0.3, 0.4) is 0 Å². The van der Waals surface area contributed by atoms with Crippen molar-refractivity contribution in [3.63, 3.8) is 0 Å². The summed E-state index contributed by atoms with van der Waals surface area (Å²) >= 11 is 0. The number of hydrogen-bond acceptors (Lipinski definition) is 5. The average molecular weight is 279 g/mol. The maximum Gasteiger partial charge on any atom is 0.252 e. The van der Waals surface area contributed by atoms with Gasteiger partial charge in [0.2, 0.25) is 0 Å². The van der Waals surface area contributed by atoms with Crippen molar-refractivity contribution in [3.05, 3.63) is 22.7 Å². The maximum atomic E-state index is 11.3. The van der Waals surface area contributed by atoms with E-state index in [0.29, 0.717) is 0 Å². The summed E-state index contributed by atoms with van der Waals surface area (Å²) in [5, 5.41) is 0. The molecule has 2 heterocycles. The molecule has 112 valence electrons. The highest BCUT2D eigenvalue weighted by Crippen LogP contribution is 2.11. The number of anilines is 1. The zero-order valence-electron chi connectivity index (χ0n) is 12.1. The molecule has 20 heavy (non-hydrogen) atoms. The lowest BCUT2D eigenvalue weighted by molar-refractivity contribution is 0.286. The average Bonchev–Trinajstić information content (AvgIpc) is 2.69. The second-order valence-electron chi connectivity index (χ2n) is 5.30. The molecule has 1 aliphatic heterocycles. The van der Waals surface area contributed by atoms with E-state index in [9.17, 15) is 4.79 Å². The molecule has 3 N–H and O–H groups in total. The molecule has 6 nitrogen and oxygen atoms in total. The first-order valence-corrected chi connectivity index (χ1v) is 7.51. The van der Waals surface area contributed by atoms with Gasteiger partial charge in [0.15, 0.2) is 0 Å². The van der Waals surface area contributed by atoms with Gasteiger partial charge in [-0.1, -0.05) is 6.42 Å². The van der Waals surface area contributed by atoms with Crippen LogP contribution in [0, 0.1) is 0 Å². The SMILES string of the molecule is NCCCCCN1CCCN(c2cc(=O)[nH]cn2)CC1. The van der Waals surface area contributed by atoms with E-state index in [1.165, 1.54) is 19.2 Å². The summed E-state index contributed by atoms with van der Waals surface area (Å²) in [7, 11) is 0. The Morgan fingerprint density at radius 2 is 2.10 bits per heavy atom. The number of nitrogens with zero attached hydrogens (tertiary/aromatic N) is 3. The van der Waals surface area contributed by atoms with Crippen molar-refractivity contribution < 1.29 is 0 Å². The molecule has 0 spiro atoms. The second-order valence-corrected chi connectivity index (χ2v) is 5.30. The molecule has 0 radical (unpaired) electrons. The molecule has 1 aliphatic rings. The fourth-order valence-corrected chi connectivity index (χ4v) is 2.61. The Morgan fingerprint density at radius 3 is 2.90 bits per heavy atom. The van der Waals surface area contributed by atoms with Crippen molar-refractivity contribution in [3.8, 4) is 0 Å². The lowest BCUT2D eigenvalue weighted by Gasteiger charge is -2.22. The third-order valence-electron chi connectivity index (χ3n) is 3.75. The van der Waals surface area contributed by atoms with Gasteiger partial charge in [0.1, 0.15) is 5.82 Å². The van der Waals surface area contributed by atoms with Crippen molar-refractivity contribution in [2.45, 2.75) is 25.7 Å². The van der Waals surface area contributed by atoms with Crippen molar-refractivity contribution >= 4 is 5.82 Å². The fraction of sp³-hybridized carbons (Fsp3) is 0.714. The molecule has 0 atom stereocenters. The summed E-state index contributed by atoms with van der Waals surface area (Å²) in [5.41, 5.74) is 5.43. The minimum Gasteiger partial charge on any atom is -0.355 e. The van der Waals surface area contributed by atoms with Gasteiger partial charge in [-0.15, -0.1) is 0 Å². The van der Waals surface area contributed by atoms with Gasteiger partial charge in [0, 0.05) is 25.7 Å². The summed E-state index contributed by atoms with van der Waals surface area (Å²) in [6, 6.07) is 1.58. The lowest BCUT2D eigenvalue weighted by Crippen LogP contribution is -2.32. The zero-order chi connectivity index (χ0) is 14.2. The number of nitrogens with one attached hydrogen (secondary N) is 1. The summed E-state index contributed by atoms with van der Waals surface area (Å²) in [6.07, 6.45) is 6.15. The van der Waals surface area contributed by atoms with Gasteiger partial charge in [0.05, 0.1) is 6.33 Å². The van der Waals surface area contributed by atoms with Crippen LogP contribution in [0.25, 0.3) is 0 Å². The number of hydrogen-bond donors (Lipinski definition) is 2. The molecular formula is C14H25N5O. The summed E-state index contributed by atoms with van der Waals surface area (Å²) in [4.78, 5) is 22.9. The zero-order valence-corrected chi connectivity index (χ0v) is 12.1. The molecule has 0 amide bonds. The van der Waals surface area contributed by atoms with Gasteiger partial charge < -0.3 is 20.5 Å². The number of nitrogens with two attached hydrogens (primary N) is 1. The van der Waals surface area contributed by atoms with E-state index in [4.69, 9.17) is 5.73 Å². The molecule has 1 aromatic heterocycles. The smallest absolute Gasteiger partial charge is 0.252 e. The molecule has 1 fully saturated rings. The van der Waals surface area contributed by atoms with Crippen molar-refractivity contribution in [1.82, 2.24) is 14.9 Å². The summed E-state index contributed by atoms with van der Waals surface area (Å²) in [6.45, 7) is 6.02. The number of aromatic amines is 1. The number of unbranched alkanes of at least 4 members (excludes halogenated alkanes) is 2. The fourth-order valence-electron chi connectivity index (χ4n) is 2.61. The maximum absolute atomic E-state index is 11.3. The van der Waals surface area contributed by atoms with Crippen LogP contribution in [0.15, 0.2) is 17.2 Å². The third-order valence-corrected chi connectivity index (χ3v) is 3.75. The van der Waals surface area contributed by atoms with Crippen LogP contribution in [-0.4, -0.2) is 54.1 Å². The first kappa shape index (κ1) is 15.0. The van der Waals surface area contributed by atoms with Crippen LogP contribution < -0.4 is 16.2 Å². The van der Waals surface area contributed by atoms with Crippen molar-refractivity contribution in [1.29, 1.82) is 0 Å². The minimum absolute atomic E-state index is 0.0853. The van der Waals surface area contributed by atoms with E-state index in [1.54, 1.807) is 6.07 Å². The third kappa shape index (κ3) is 4.61. The van der Waals surface area contributed by atoms with Gasteiger partial charge in [-0.25, -0.2) is 4.98 Å². The van der Waals surface area contributed by atoms with Gasteiger partial charge in [-0.3, -0.25) is 4.79 Å². The summed E-state index contributed by atoms with van der Waals surface area (Å²) in [5.74, 6) is 0.790. The quantitative estimate of drug-likeness (QED) is 0.738. The largest absolute Gasteiger partial charge is 0.355 e. The van der Waals surface area contributed by atoms with E-state index in [2.05, 4.69) is 19.8 Å². The Bertz CT molecular complexity index is 447. The predicted octanol–water partition coefficient (Wildman–Crippen LogP) is 0.411. The predicted molar refractivity (Wildman–Crippen MR) is 81.0 cm³/mol. The van der Waals surface area contributed by atoms with Crippen molar-refractivity contribution in [2.75, 3.05) is 44.2 Å². The highest BCUT2D eigenvalue weighted by atomic mass is 16.1. The molecular weight excluding hydrogens is 254 g/mol. The molecule has 2 rings (SSSR count). The van der Waals surface area contributed by atoms with Crippen LogP contribution in [-0.2, 0) is 0 Å². The molecule has 1 aromatic rings. The molecule has 0 aliphatic carbocycles. The molecule has 0 saturated carbocycles.